The maximum absolute atomic E-state index is 7.57. The number of halogens is 3. The molecule has 3 aromatic heterocycles. The van der Waals surface area contributed by atoms with Gasteiger partial charge in [0.25, 0.3) is 4.34 Å². The van der Waals surface area contributed by atoms with E-state index in [1.807, 2.05) is 23.1 Å². The lowest BCUT2D eigenvalue weighted by atomic mass is 10.1. The van der Waals surface area contributed by atoms with Crippen molar-refractivity contribution in [3.05, 3.63) is 138 Å². The molecule has 0 saturated heterocycles. The quantitative estimate of drug-likeness (QED) is 0.0606. The van der Waals surface area contributed by atoms with Gasteiger partial charge in [0.1, 0.15) is 24.8 Å². The third-order valence-corrected chi connectivity index (χ3v) is 15.5. The number of thiazole rings is 1. The molecule has 63 heavy (non-hydrogen) atoms. The fourth-order valence-corrected chi connectivity index (χ4v) is 10.7. The summed E-state index contributed by atoms with van der Waals surface area (Å²) in [5.74, 6) is 0. The Bertz CT molecular complexity index is 2450. The number of nitrogens with zero attached hydrogens (tertiary/aromatic N) is 5. The second kappa shape index (κ2) is 30.3. The number of benzene rings is 4. The Morgan fingerprint density at radius 2 is 1.22 bits per heavy atom. The minimum Gasteiger partial charge on any atom is -1.00 e. The van der Waals surface area contributed by atoms with Crippen molar-refractivity contribution in [3.8, 4) is 0 Å². The van der Waals surface area contributed by atoms with E-state index in [-0.39, 0.29) is 30.6 Å². The summed E-state index contributed by atoms with van der Waals surface area (Å²) in [6.45, 7) is 16.4. The molecule has 7 aromatic rings. The highest BCUT2D eigenvalue weighted by atomic mass is 127. The highest BCUT2D eigenvalue weighted by molar-refractivity contribution is 14.1. The molecule has 1 aliphatic heterocycles. The fraction of sp³-hybridized carbons (Fsp3) is 0.353. The van der Waals surface area contributed by atoms with Crippen LogP contribution in [0, 0.1) is 6.92 Å². The molecule has 0 bridgehead atoms. The Balaban J connectivity index is 0.000000238. The molecule has 4 aromatic carbocycles. The van der Waals surface area contributed by atoms with Gasteiger partial charge < -0.3 is 38.9 Å². The summed E-state index contributed by atoms with van der Waals surface area (Å²) in [6.07, 6.45) is 11.3. The molecule has 0 spiro atoms. The largest absolute Gasteiger partial charge is 1.00 e. The van der Waals surface area contributed by atoms with Crippen molar-refractivity contribution in [1.29, 1.82) is 0 Å². The number of pyridine rings is 2. The van der Waals surface area contributed by atoms with Gasteiger partial charge in [0, 0.05) is 76.0 Å². The number of alkyl halides is 2. The van der Waals surface area contributed by atoms with Crippen molar-refractivity contribution in [3.63, 3.8) is 0 Å². The SMILES string of the molecule is CCN(CC)CC.CCO.CN1C(=Cc2cc[n+](CCCI)c3ccccc23)Sc2ccccc21.CSc1sc2ccccc2[n+]1C.Cc1cc[n+](CCCI)c2ccccc12.[I-]. The van der Waals surface area contributed by atoms with E-state index in [9.17, 15) is 0 Å². The maximum Gasteiger partial charge on any atom is 0.297 e. The molecule has 4 heterocycles. The minimum absolute atomic E-state index is 0. The van der Waals surface area contributed by atoms with E-state index in [0.717, 1.165) is 13.1 Å². The molecule has 0 aliphatic carbocycles. The Kier molecular flexibility index (Phi) is 26.6. The summed E-state index contributed by atoms with van der Waals surface area (Å²) >= 11 is 10.4. The molecule has 0 saturated carbocycles. The number of hydrogen-bond donors (Lipinski definition) is 1. The van der Waals surface area contributed by atoms with Gasteiger partial charge in [0.2, 0.25) is 16.6 Å². The topological polar surface area (TPSA) is 38.4 Å². The van der Waals surface area contributed by atoms with Crippen LogP contribution in [0.3, 0.4) is 0 Å². The average molecular weight is 1240 g/mol. The Morgan fingerprint density at radius 3 is 1.76 bits per heavy atom. The summed E-state index contributed by atoms with van der Waals surface area (Å²) in [6, 6.07) is 38.9. The first-order chi connectivity index (χ1) is 30.2. The van der Waals surface area contributed by atoms with Gasteiger partial charge in [0.05, 0.1) is 16.1 Å². The van der Waals surface area contributed by atoms with Gasteiger partial charge in [-0.3, -0.25) is 0 Å². The Hall–Kier alpha value is -2.06. The fourth-order valence-electron chi connectivity index (χ4n) is 7.02. The van der Waals surface area contributed by atoms with E-state index in [4.69, 9.17) is 5.11 Å². The monoisotopic (exact) mass is 1240 g/mol. The number of aryl methyl sites for hydroxylation is 4. The number of para-hydroxylation sites is 4. The van der Waals surface area contributed by atoms with Crippen LogP contribution in [0.2, 0.25) is 0 Å². The van der Waals surface area contributed by atoms with Crippen molar-refractivity contribution in [2.75, 3.05) is 53.3 Å². The van der Waals surface area contributed by atoms with E-state index in [2.05, 4.69) is 244 Å². The Labute approximate surface area is 434 Å². The predicted molar refractivity (Wildman–Crippen MR) is 290 cm³/mol. The molecule has 0 atom stereocenters. The van der Waals surface area contributed by atoms with Crippen LogP contribution in [0.1, 0.15) is 51.7 Å². The molecule has 0 radical (unpaired) electrons. The lowest BCUT2D eigenvalue weighted by Gasteiger charge is -2.13. The summed E-state index contributed by atoms with van der Waals surface area (Å²) in [5, 5.41) is 11.5. The first-order valence-electron chi connectivity index (χ1n) is 21.6. The van der Waals surface area contributed by atoms with Crippen LogP contribution in [-0.2, 0) is 20.1 Å². The number of aromatic nitrogens is 3. The molecule has 6 nitrogen and oxygen atoms in total. The molecule has 1 aliphatic rings. The van der Waals surface area contributed by atoms with Gasteiger partial charge in [-0.15, -0.1) is 0 Å². The highest BCUT2D eigenvalue weighted by Crippen LogP contribution is 2.45. The number of thioether (sulfide) groups is 2. The first kappa shape index (κ1) is 55.3. The van der Waals surface area contributed by atoms with Crippen LogP contribution >= 0.6 is 80.0 Å². The van der Waals surface area contributed by atoms with Gasteiger partial charge in [-0.05, 0) is 99.0 Å². The number of anilines is 1. The third kappa shape index (κ3) is 16.1. The second-order valence-electron chi connectivity index (χ2n) is 14.4. The second-order valence-corrected chi connectivity index (χ2v) is 19.7. The number of aliphatic hydroxyl groups excluding tert-OH is 1. The molecule has 338 valence electrons. The van der Waals surface area contributed by atoms with E-state index < -0.39 is 0 Å². The van der Waals surface area contributed by atoms with Crippen LogP contribution in [-0.4, -0.2) is 58.4 Å². The van der Waals surface area contributed by atoms with E-state index in [0.29, 0.717) is 0 Å². The first-order valence-corrected chi connectivity index (χ1v) is 27.5. The van der Waals surface area contributed by atoms with E-state index in [1.54, 1.807) is 18.7 Å². The van der Waals surface area contributed by atoms with Crippen LogP contribution in [0.4, 0.5) is 5.69 Å². The van der Waals surface area contributed by atoms with Gasteiger partial charge in [0.15, 0.2) is 12.4 Å². The van der Waals surface area contributed by atoms with Crippen molar-refractivity contribution in [2.24, 2.45) is 7.05 Å². The van der Waals surface area contributed by atoms with Crippen molar-refractivity contribution < 1.29 is 42.8 Å². The van der Waals surface area contributed by atoms with E-state index >= 15 is 0 Å². The zero-order valence-corrected chi connectivity index (χ0v) is 47.2. The van der Waals surface area contributed by atoms with Crippen molar-refractivity contribution in [2.45, 2.75) is 69.8 Å². The van der Waals surface area contributed by atoms with Gasteiger partial charge in [-0.2, -0.15) is 13.7 Å². The van der Waals surface area contributed by atoms with Crippen LogP contribution in [0.25, 0.3) is 38.1 Å². The van der Waals surface area contributed by atoms with Crippen LogP contribution in [0.15, 0.2) is 136 Å². The molecule has 1 N–H and O–H groups in total. The zero-order chi connectivity index (χ0) is 44.9. The summed E-state index contributed by atoms with van der Waals surface area (Å²) in [4.78, 5) is 5.99. The number of fused-ring (bicyclic) bond motifs is 4. The van der Waals surface area contributed by atoms with Gasteiger partial charge in [-0.1, -0.05) is 138 Å². The van der Waals surface area contributed by atoms with Gasteiger partial charge >= 0.3 is 0 Å². The Morgan fingerprint density at radius 1 is 0.714 bits per heavy atom. The third-order valence-electron chi connectivity index (χ3n) is 10.4. The molecule has 0 fully saturated rings. The highest BCUT2D eigenvalue weighted by Gasteiger charge is 2.22. The van der Waals surface area contributed by atoms with E-state index in [1.165, 1.54) is 104 Å². The summed E-state index contributed by atoms with van der Waals surface area (Å²) < 4.78 is 12.1. The molecule has 0 unspecified atom stereocenters. The number of hydrogen-bond acceptors (Lipinski definition) is 6. The predicted octanol–water partition coefficient (Wildman–Crippen LogP) is 9.55. The summed E-state index contributed by atoms with van der Waals surface area (Å²) in [7, 11) is 4.26. The normalized spacial score (nSPS) is 12.1. The van der Waals surface area contributed by atoms with Crippen LogP contribution < -0.4 is 42.6 Å². The molecule has 0 amide bonds. The molecule has 12 heteroatoms. The standard InChI is InChI=1S/C21H20IN2S.C13H15IN.C9H10NS2.C6H15N.C2H6O.HI/c1-23-19-9-4-5-10-20(19)25-21(23)15-16-11-14-24(13-6-12-22)18-8-3-2-7-17(16)18;1-11-7-10-15(9-4-8-14)13-6-3-2-5-12(11)13;1-10-7-5-3-4-6-8(7)12-9(10)11-2;1-4-7(5-2)6-3;1-2-3;/h2-5,7-11,14-15H,6,12-13H2,1H3;2-3,5-7,10H,4,8-9H2,1H3;3-6H,1-2H3;4-6H2,1-3H3;3H,2H2,1H3;1H/q3*+1;;;/p-1. The maximum atomic E-state index is 7.57. The van der Waals surface area contributed by atoms with Crippen LogP contribution in [0.5, 0.6) is 0 Å². The lowest BCUT2D eigenvalue weighted by Crippen LogP contribution is -3.00. The van der Waals surface area contributed by atoms with Crippen molar-refractivity contribution >= 4 is 124 Å². The smallest absolute Gasteiger partial charge is 0.297 e. The van der Waals surface area contributed by atoms with Gasteiger partial charge in [-0.25, -0.2) is 0 Å². The average Bonchev–Trinajstić information content (AvgIpc) is 3.81. The molecular weight excluding hydrogens is 1180 g/mol. The van der Waals surface area contributed by atoms with Crippen molar-refractivity contribution in [1.82, 2.24) is 4.90 Å². The zero-order valence-electron chi connectivity index (χ0n) is 38.2. The summed E-state index contributed by atoms with van der Waals surface area (Å²) in [5.41, 5.74) is 7.91. The molecular formula is C51H66I3N5OS3+2. The lowest BCUT2D eigenvalue weighted by molar-refractivity contribution is -0.676. The molecule has 8 rings (SSSR count). The number of aliphatic hydroxyl groups is 1. The number of rotatable bonds is 11. The minimum atomic E-state index is 0.